The van der Waals surface area contributed by atoms with Gasteiger partial charge in [-0.1, -0.05) is 31.0 Å². The Bertz CT molecular complexity index is 466. The highest BCUT2D eigenvalue weighted by atomic mass is 16.5. The van der Waals surface area contributed by atoms with E-state index in [1.54, 1.807) is 0 Å². The number of nitrogens with two attached hydrogens (primary N) is 1. The van der Waals surface area contributed by atoms with Crippen LogP contribution in [0.1, 0.15) is 51.0 Å². The summed E-state index contributed by atoms with van der Waals surface area (Å²) in [5.41, 5.74) is 7.28. The number of rotatable bonds is 4. The zero-order valence-corrected chi connectivity index (χ0v) is 13.0. The van der Waals surface area contributed by atoms with Crippen LogP contribution in [0.4, 0.5) is 0 Å². The first-order valence-electron chi connectivity index (χ1n) is 8.31. The summed E-state index contributed by atoms with van der Waals surface area (Å²) in [7, 11) is 0. The molecule has 0 aromatic heterocycles. The largest absolute Gasteiger partial charge is 0.490 e. The third-order valence-electron chi connectivity index (χ3n) is 4.77. The van der Waals surface area contributed by atoms with Crippen molar-refractivity contribution in [1.82, 2.24) is 0 Å². The van der Waals surface area contributed by atoms with Crippen molar-refractivity contribution in [2.75, 3.05) is 6.61 Å². The van der Waals surface area contributed by atoms with Gasteiger partial charge in [-0.2, -0.15) is 0 Å². The number of hydrogen-bond acceptors (Lipinski definition) is 3. The van der Waals surface area contributed by atoms with Crippen molar-refractivity contribution in [1.29, 1.82) is 0 Å². The fourth-order valence-electron chi connectivity index (χ4n) is 3.77. The van der Waals surface area contributed by atoms with E-state index in [-0.39, 0.29) is 17.7 Å². The summed E-state index contributed by atoms with van der Waals surface area (Å²) in [5, 5.41) is 0. The predicted octanol–water partition coefficient (Wildman–Crippen LogP) is 3.45. The van der Waals surface area contributed by atoms with Crippen LogP contribution in [0.3, 0.4) is 0 Å². The van der Waals surface area contributed by atoms with Crippen LogP contribution in [0, 0.1) is 0 Å². The Labute approximate surface area is 127 Å². The molecule has 2 unspecified atom stereocenters. The molecule has 3 nitrogen and oxygen atoms in total. The maximum Gasteiger partial charge on any atom is 0.122 e. The molecule has 116 valence electrons. The van der Waals surface area contributed by atoms with Gasteiger partial charge in [0.05, 0.1) is 12.2 Å². The van der Waals surface area contributed by atoms with Gasteiger partial charge in [0.15, 0.2) is 0 Å². The maximum atomic E-state index is 6.34. The van der Waals surface area contributed by atoms with Gasteiger partial charge in [0.25, 0.3) is 0 Å². The first kappa shape index (κ1) is 14.9. The Balaban J connectivity index is 1.68. The average Bonchev–Trinajstić information content (AvgIpc) is 2.88. The maximum absolute atomic E-state index is 6.34. The second-order valence-corrected chi connectivity index (χ2v) is 6.76. The van der Waals surface area contributed by atoms with E-state index in [1.807, 2.05) is 13.0 Å². The minimum absolute atomic E-state index is 0.110. The van der Waals surface area contributed by atoms with Gasteiger partial charge in [0.2, 0.25) is 0 Å². The van der Waals surface area contributed by atoms with Crippen molar-refractivity contribution < 1.29 is 9.47 Å². The quantitative estimate of drug-likeness (QED) is 0.923. The molecule has 1 spiro atoms. The lowest BCUT2D eigenvalue weighted by Crippen LogP contribution is -2.41. The third kappa shape index (κ3) is 3.58. The fourth-order valence-corrected chi connectivity index (χ4v) is 3.77. The fraction of sp³-hybridized carbons (Fsp3) is 0.667. The van der Waals surface area contributed by atoms with Crippen LogP contribution in [0.5, 0.6) is 5.75 Å². The van der Waals surface area contributed by atoms with Crippen molar-refractivity contribution in [2.45, 2.75) is 69.6 Å². The van der Waals surface area contributed by atoms with Crippen LogP contribution in [0.25, 0.3) is 0 Å². The molecule has 3 heteroatoms. The van der Waals surface area contributed by atoms with Crippen LogP contribution in [-0.4, -0.2) is 24.4 Å². The molecule has 2 aliphatic rings. The molecule has 2 atom stereocenters. The number of ether oxygens (including phenoxy) is 2. The zero-order chi connectivity index (χ0) is 14.7. The lowest BCUT2D eigenvalue weighted by molar-refractivity contribution is -0.108. The number of hydrogen-bond donors (Lipinski definition) is 1. The minimum atomic E-state index is 0.110. The van der Waals surface area contributed by atoms with Gasteiger partial charge in [0, 0.05) is 18.9 Å². The standard InChI is InChI=1S/C18H27NO2/c1-14(19)12-15-6-2-3-7-17(15)21-16-8-11-20-18(13-16)9-4-5-10-18/h2-3,6-7,14,16H,4-5,8-13,19H2,1H3. The molecule has 1 aliphatic carbocycles. The molecule has 1 saturated heterocycles. The normalized spacial score (nSPS) is 25.9. The highest BCUT2D eigenvalue weighted by molar-refractivity contribution is 5.34. The summed E-state index contributed by atoms with van der Waals surface area (Å²) in [5.74, 6) is 1.01. The first-order chi connectivity index (χ1) is 10.2. The van der Waals surface area contributed by atoms with Crippen LogP contribution >= 0.6 is 0 Å². The van der Waals surface area contributed by atoms with Gasteiger partial charge >= 0.3 is 0 Å². The van der Waals surface area contributed by atoms with Gasteiger partial charge in [-0.05, 0) is 37.8 Å². The topological polar surface area (TPSA) is 44.5 Å². The molecule has 2 fully saturated rings. The molecule has 1 aromatic carbocycles. The summed E-state index contributed by atoms with van der Waals surface area (Å²) in [6, 6.07) is 8.47. The first-order valence-corrected chi connectivity index (χ1v) is 8.31. The molecule has 3 rings (SSSR count). The lowest BCUT2D eigenvalue weighted by atomic mass is 9.90. The van der Waals surface area contributed by atoms with Gasteiger partial charge in [-0.3, -0.25) is 0 Å². The highest BCUT2D eigenvalue weighted by Gasteiger charge is 2.40. The van der Waals surface area contributed by atoms with Gasteiger partial charge in [-0.25, -0.2) is 0 Å². The van der Waals surface area contributed by atoms with E-state index in [0.717, 1.165) is 31.6 Å². The number of para-hydroxylation sites is 1. The molecule has 0 bridgehead atoms. The molecule has 0 radical (unpaired) electrons. The van der Waals surface area contributed by atoms with Gasteiger partial charge < -0.3 is 15.2 Å². The molecule has 2 N–H and O–H groups in total. The number of benzene rings is 1. The Morgan fingerprint density at radius 3 is 2.86 bits per heavy atom. The Hall–Kier alpha value is -1.06. The van der Waals surface area contributed by atoms with Crippen LogP contribution < -0.4 is 10.5 Å². The minimum Gasteiger partial charge on any atom is -0.490 e. The summed E-state index contributed by atoms with van der Waals surface area (Å²) < 4.78 is 12.4. The molecule has 0 amide bonds. The van der Waals surface area contributed by atoms with Crippen LogP contribution in [0.2, 0.25) is 0 Å². The predicted molar refractivity (Wildman–Crippen MR) is 84.6 cm³/mol. The Morgan fingerprint density at radius 1 is 1.33 bits per heavy atom. The van der Waals surface area contributed by atoms with E-state index in [9.17, 15) is 0 Å². The lowest BCUT2D eigenvalue weighted by Gasteiger charge is -2.38. The molecule has 1 saturated carbocycles. The SMILES string of the molecule is CC(N)Cc1ccccc1OC1CCOC2(CCCC2)C1. The molecular weight excluding hydrogens is 262 g/mol. The monoisotopic (exact) mass is 289 g/mol. The molecule has 1 heterocycles. The summed E-state index contributed by atoms with van der Waals surface area (Å²) in [6.45, 7) is 2.87. The summed E-state index contributed by atoms with van der Waals surface area (Å²) in [4.78, 5) is 0. The van der Waals surface area contributed by atoms with Crippen LogP contribution in [-0.2, 0) is 11.2 Å². The molecule has 1 aromatic rings. The summed E-state index contributed by atoms with van der Waals surface area (Å²) in [6.07, 6.45) is 8.19. The third-order valence-corrected chi connectivity index (χ3v) is 4.77. The van der Waals surface area contributed by atoms with Crippen molar-refractivity contribution in [3.63, 3.8) is 0 Å². The summed E-state index contributed by atoms with van der Waals surface area (Å²) >= 11 is 0. The zero-order valence-electron chi connectivity index (χ0n) is 13.0. The molecule has 1 aliphatic heterocycles. The molecule has 21 heavy (non-hydrogen) atoms. The average molecular weight is 289 g/mol. The van der Waals surface area contributed by atoms with Crippen molar-refractivity contribution in [3.8, 4) is 5.75 Å². The van der Waals surface area contributed by atoms with E-state index in [0.29, 0.717) is 0 Å². The molecular formula is C18H27NO2. The van der Waals surface area contributed by atoms with E-state index < -0.39 is 0 Å². The van der Waals surface area contributed by atoms with E-state index in [4.69, 9.17) is 15.2 Å². The second kappa shape index (κ2) is 6.37. The van der Waals surface area contributed by atoms with E-state index >= 15 is 0 Å². The van der Waals surface area contributed by atoms with Crippen molar-refractivity contribution >= 4 is 0 Å². The van der Waals surface area contributed by atoms with E-state index in [2.05, 4.69) is 18.2 Å². The van der Waals surface area contributed by atoms with Crippen molar-refractivity contribution in [3.05, 3.63) is 29.8 Å². The van der Waals surface area contributed by atoms with Gasteiger partial charge in [0.1, 0.15) is 11.9 Å². The Morgan fingerprint density at radius 2 is 2.10 bits per heavy atom. The Kier molecular flexibility index (Phi) is 4.51. The second-order valence-electron chi connectivity index (χ2n) is 6.76. The van der Waals surface area contributed by atoms with Gasteiger partial charge in [-0.15, -0.1) is 0 Å². The smallest absolute Gasteiger partial charge is 0.122 e. The van der Waals surface area contributed by atoms with Crippen molar-refractivity contribution in [2.24, 2.45) is 5.73 Å². The highest BCUT2D eigenvalue weighted by Crippen LogP contribution is 2.41. The van der Waals surface area contributed by atoms with E-state index in [1.165, 1.54) is 31.2 Å². The van der Waals surface area contributed by atoms with Crippen LogP contribution in [0.15, 0.2) is 24.3 Å².